The number of anilines is 1. The maximum absolute atomic E-state index is 12.2. The number of hydrogen-bond acceptors (Lipinski definition) is 5. The minimum Gasteiger partial charge on any atom is -0.383 e. The fourth-order valence-corrected chi connectivity index (χ4v) is 3.86. The van der Waals surface area contributed by atoms with E-state index in [0.717, 1.165) is 41.9 Å². The smallest absolute Gasteiger partial charge is 0.235 e. The summed E-state index contributed by atoms with van der Waals surface area (Å²) in [4.78, 5) is 23.7. The third-order valence-corrected chi connectivity index (χ3v) is 5.21. The van der Waals surface area contributed by atoms with Crippen LogP contribution in [-0.2, 0) is 16.6 Å². The number of benzene rings is 1. The van der Waals surface area contributed by atoms with Gasteiger partial charge in [-0.25, -0.2) is 0 Å². The van der Waals surface area contributed by atoms with Crippen LogP contribution in [0.2, 0.25) is 0 Å². The van der Waals surface area contributed by atoms with E-state index in [1.807, 2.05) is 23.9 Å². The Labute approximate surface area is 146 Å². The molecule has 2 amide bonds. The van der Waals surface area contributed by atoms with E-state index in [1.54, 1.807) is 0 Å². The van der Waals surface area contributed by atoms with Crippen LogP contribution in [0.5, 0.6) is 0 Å². The molecule has 2 aromatic rings. The fourth-order valence-electron chi connectivity index (χ4n) is 3.86. The third kappa shape index (κ3) is 3.00. The first-order valence-corrected chi connectivity index (χ1v) is 8.87. The Balaban J connectivity index is 1.65. The molecule has 3 heterocycles. The van der Waals surface area contributed by atoms with Gasteiger partial charge in [-0.05, 0) is 37.9 Å². The molecule has 2 aliphatic heterocycles. The predicted octanol–water partition coefficient (Wildman–Crippen LogP) is 1.11. The second kappa shape index (κ2) is 6.48. The molecule has 2 saturated heterocycles. The second-order valence-electron chi connectivity index (χ2n) is 6.95. The number of carbonyl (C=O) groups excluding carboxylic acids is 2. The van der Waals surface area contributed by atoms with Gasteiger partial charge in [0.1, 0.15) is 0 Å². The lowest BCUT2D eigenvalue weighted by Gasteiger charge is -2.19. The minimum absolute atomic E-state index is 0.200. The van der Waals surface area contributed by atoms with Crippen LogP contribution in [0.25, 0.3) is 10.9 Å². The monoisotopic (exact) mass is 341 g/mol. The molecule has 0 saturated carbocycles. The summed E-state index contributed by atoms with van der Waals surface area (Å²) >= 11 is 0. The summed E-state index contributed by atoms with van der Waals surface area (Å²) in [5.41, 5.74) is 2.81. The van der Waals surface area contributed by atoms with Crippen molar-refractivity contribution >= 4 is 28.4 Å². The van der Waals surface area contributed by atoms with Crippen LogP contribution in [0, 0.1) is 5.92 Å². The molecule has 0 aliphatic carbocycles. The molecule has 1 aromatic heterocycles. The SMILES string of the molecule is Cn1nc(C2CCC(=O)NC2=O)c2cccc(NC[C@@H]3CCNC3)c21. The molecular weight excluding hydrogens is 318 g/mol. The van der Waals surface area contributed by atoms with Gasteiger partial charge in [-0.2, -0.15) is 5.10 Å². The first-order valence-electron chi connectivity index (χ1n) is 8.87. The Morgan fingerprint density at radius 1 is 1.32 bits per heavy atom. The largest absolute Gasteiger partial charge is 0.383 e. The zero-order valence-electron chi connectivity index (χ0n) is 14.3. The topological polar surface area (TPSA) is 88.0 Å². The number of carbonyl (C=O) groups is 2. The average Bonchev–Trinajstić information content (AvgIpc) is 3.22. The van der Waals surface area contributed by atoms with Gasteiger partial charge in [-0.15, -0.1) is 0 Å². The minimum atomic E-state index is -0.365. The standard InChI is InChI=1S/C18H23N5O2/c1-23-17-12(16(22-23)13-5-6-15(24)21-18(13)25)3-2-4-14(17)20-10-11-7-8-19-9-11/h2-4,11,13,19-20H,5-10H2,1H3,(H,21,24,25)/t11-,13?/m1/s1. The van der Waals surface area contributed by atoms with E-state index in [-0.39, 0.29) is 17.7 Å². The lowest BCUT2D eigenvalue weighted by Crippen LogP contribution is -2.39. The van der Waals surface area contributed by atoms with Crippen LogP contribution in [0.4, 0.5) is 5.69 Å². The van der Waals surface area contributed by atoms with Crippen LogP contribution >= 0.6 is 0 Å². The molecule has 7 heteroatoms. The second-order valence-corrected chi connectivity index (χ2v) is 6.95. The molecule has 25 heavy (non-hydrogen) atoms. The number of piperidine rings is 1. The highest BCUT2D eigenvalue weighted by molar-refractivity contribution is 6.03. The summed E-state index contributed by atoms with van der Waals surface area (Å²) in [5, 5.41) is 15.0. The van der Waals surface area contributed by atoms with Crippen LogP contribution in [0.1, 0.15) is 30.9 Å². The Kier molecular flexibility index (Phi) is 4.17. The lowest BCUT2D eigenvalue weighted by molar-refractivity contribution is -0.134. The van der Waals surface area contributed by atoms with Crippen molar-refractivity contribution < 1.29 is 9.59 Å². The summed E-state index contributed by atoms with van der Waals surface area (Å²) in [6, 6.07) is 6.05. The van der Waals surface area contributed by atoms with Gasteiger partial charge >= 0.3 is 0 Å². The van der Waals surface area contributed by atoms with Gasteiger partial charge < -0.3 is 10.6 Å². The number of hydrogen-bond donors (Lipinski definition) is 3. The van der Waals surface area contributed by atoms with Crippen LogP contribution < -0.4 is 16.0 Å². The molecule has 132 valence electrons. The van der Waals surface area contributed by atoms with Crippen molar-refractivity contribution in [3.8, 4) is 0 Å². The highest BCUT2D eigenvalue weighted by atomic mass is 16.2. The number of aromatic nitrogens is 2. The maximum Gasteiger partial charge on any atom is 0.235 e. The Morgan fingerprint density at radius 2 is 2.20 bits per heavy atom. The van der Waals surface area contributed by atoms with E-state index in [4.69, 9.17) is 0 Å². The molecule has 1 unspecified atom stereocenters. The van der Waals surface area contributed by atoms with Gasteiger partial charge in [-0.1, -0.05) is 12.1 Å². The van der Waals surface area contributed by atoms with Gasteiger partial charge in [0.2, 0.25) is 11.8 Å². The van der Waals surface area contributed by atoms with Crippen LogP contribution in [0.3, 0.4) is 0 Å². The molecule has 1 aromatic carbocycles. The number of fused-ring (bicyclic) bond motifs is 1. The third-order valence-electron chi connectivity index (χ3n) is 5.21. The van der Waals surface area contributed by atoms with E-state index >= 15 is 0 Å². The quantitative estimate of drug-likeness (QED) is 0.725. The summed E-state index contributed by atoms with van der Waals surface area (Å²) in [6.45, 7) is 3.06. The molecule has 4 rings (SSSR count). The van der Waals surface area contributed by atoms with Gasteiger partial charge in [0.05, 0.1) is 22.8 Å². The summed E-state index contributed by atoms with van der Waals surface area (Å²) in [7, 11) is 1.90. The highest BCUT2D eigenvalue weighted by Crippen LogP contribution is 2.33. The van der Waals surface area contributed by atoms with Crippen molar-refractivity contribution in [1.82, 2.24) is 20.4 Å². The van der Waals surface area contributed by atoms with E-state index in [0.29, 0.717) is 18.8 Å². The summed E-state index contributed by atoms with van der Waals surface area (Å²) in [6.07, 6.45) is 2.07. The van der Waals surface area contributed by atoms with Crippen molar-refractivity contribution in [3.63, 3.8) is 0 Å². The summed E-state index contributed by atoms with van der Waals surface area (Å²) in [5.74, 6) is -0.172. The van der Waals surface area contributed by atoms with Crippen molar-refractivity contribution in [2.24, 2.45) is 13.0 Å². The molecular formula is C18H23N5O2. The van der Waals surface area contributed by atoms with Crippen molar-refractivity contribution in [1.29, 1.82) is 0 Å². The van der Waals surface area contributed by atoms with E-state index < -0.39 is 0 Å². The number of imide groups is 1. The normalized spacial score (nSPS) is 23.9. The molecule has 2 aliphatic rings. The average molecular weight is 341 g/mol. The number of para-hydroxylation sites is 1. The number of nitrogens with one attached hydrogen (secondary N) is 3. The first kappa shape index (κ1) is 16.1. The fraction of sp³-hybridized carbons (Fsp3) is 0.500. The van der Waals surface area contributed by atoms with Gasteiger partial charge in [0.25, 0.3) is 0 Å². The number of amides is 2. The van der Waals surface area contributed by atoms with Gasteiger partial charge in [-0.3, -0.25) is 19.6 Å². The molecule has 0 spiro atoms. The Morgan fingerprint density at radius 3 is 2.96 bits per heavy atom. The van der Waals surface area contributed by atoms with Crippen LogP contribution in [-0.4, -0.2) is 41.2 Å². The molecule has 0 radical (unpaired) electrons. The number of nitrogens with zero attached hydrogens (tertiary/aromatic N) is 2. The zero-order valence-corrected chi connectivity index (χ0v) is 14.3. The molecule has 3 N–H and O–H groups in total. The van der Waals surface area contributed by atoms with E-state index in [1.165, 1.54) is 6.42 Å². The van der Waals surface area contributed by atoms with E-state index in [2.05, 4.69) is 27.1 Å². The van der Waals surface area contributed by atoms with Crippen molar-refractivity contribution in [2.75, 3.05) is 25.0 Å². The molecule has 0 bridgehead atoms. The van der Waals surface area contributed by atoms with Crippen LogP contribution in [0.15, 0.2) is 18.2 Å². The predicted molar refractivity (Wildman–Crippen MR) is 95.3 cm³/mol. The maximum atomic E-state index is 12.2. The van der Waals surface area contributed by atoms with Crippen molar-refractivity contribution in [3.05, 3.63) is 23.9 Å². The van der Waals surface area contributed by atoms with Gasteiger partial charge in [0, 0.05) is 25.4 Å². The zero-order chi connectivity index (χ0) is 17.4. The Hall–Kier alpha value is -2.41. The summed E-state index contributed by atoms with van der Waals surface area (Å²) < 4.78 is 1.84. The lowest BCUT2D eigenvalue weighted by atomic mass is 9.92. The molecule has 2 fully saturated rings. The molecule has 2 atom stereocenters. The van der Waals surface area contributed by atoms with Crippen molar-refractivity contribution in [2.45, 2.75) is 25.2 Å². The number of aryl methyl sites for hydroxylation is 1. The van der Waals surface area contributed by atoms with E-state index in [9.17, 15) is 9.59 Å². The number of rotatable bonds is 4. The first-order chi connectivity index (χ1) is 12.1. The Bertz CT molecular complexity index is 822. The highest BCUT2D eigenvalue weighted by Gasteiger charge is 2.32. The molecule has 7 nitrogen and oxygen atoms in total. The van der Waals surface area contributed by atoms with Gasteiger partial charge in [0.15, 0.2) is 0 Å².